The van der Waals surface area contributed by atoms with Crippen molar-refractivity contribution in [3.8, 4) is 0 Å². The van der Waals surface area contributed by atoms with Crippen molar-refractivity contribution in [2.45, 2.75) is 52.6 Å². The average Bonchev–Trinajstić information content (AvgIpc) is 3.26. The van der Waals surface area contributed by atoms with Crippen LogP contribution in [0.5, 0.6) is 0 Å². The SMILES string of the molecule is Cc1nccn1C(=O)O[C@H]1CCC2C3C=CC4=CC(=O)C=C[C@]4(C)C3CC[C@@]21C. The normalized spacial score (nSPS) is 40.1. The average molecular weight is 392 g/mol. The third-order valence-corrected chi connectivity index (χ3v) is 8.29. The predicted molar refractivity (Wildman–Crippen MR) is 109 cm³/mol. The van der Waals surface area contributed by atoms with Crippen LogP contribution in [0.2, 0.25) is 0 Å². The highest BCUT2D eigenvalue weighted by Gasteiger charge is 2.58. The highest BCUT2D eigenvalue weighted by Crippen LogP contribution is 2.63. The molecule has 0 radical (unpaired) electrons. The van der Waals surface area contributed by atoms with Crippen molar-refractivity contribution in [2.75, 3.05) is 0 Å². The molecule has 5 nitrogen and oxygen atoms in total. The van der Waals surface area contributed by atoms with Crippen LogP contribution in [-0.4, -0.2) is 27.5 Å². The molecule has 1 heterocycles. The summed E-state index contributed by atoms with van der Waals surface area (Å²) in [4.78, 5) is 28.7. The van der Waals surface area contributed by atoms with E-state index in [-0.39, 0.29) is 28.8 Å². The molecule has 6 atom stereocenters. The molecule has 4 aliphatic rings. The lowest BCUT2D eigenvalue weighted by Gasteiger charge is -2.54. The maximum absolute atomic E-state index is 12.7. The minimum absolute atomic E-state index is 0.0125. The van der Waals surface area contributed by atoms with Crippen LogP contribution in [0.1, 0.15) is 45.4 Å². The molecule has 5 rings (SSSR count). The number of hydrogen-bond acceptors (Lipinski definition) is 4. The van der Waals surface area contributed by atoms with Gasteiger partial charge in [-0.15, -0.1) is 0 Å². The van der Waals surface area contributed by atoms with Crippen molar-refractivity contribution < 1.29 is 14.3 Å². The Morgan fingerprint density at radius 3 is 2.79 bits per heavy atom. The summed E-state index contributed by atoms with van der Waals surface area (Å²) >= 11 is 0. The van der Waals surface area contributed by atoms with Crippen molar-refractivity contribution in [2.24, 2.45) is 28.6 Å². The molecule has 0 amide bonds. The van der Waals surface area contributed by atoms with Crippen LogP contribution >= 0.6 is 0 Å². The first-order valence-electron chi connectivity index (χ1n) is 10.7. The number of nitrogens with zero attached hydrogens (tertiary/aromatic N) is 2. The fourth-order valence-electron chi connectivity index (χ4n) is 6.55. The summed E-state index contributed by atoms with van der Waals surface area (Å²) in [5.41, 5.74) is 1.06. The van der Waals surface area contributed by atoms with Crippen LogP contribution in [0.3, 0.4) is 0 Å². The van der Waals surface area contributed by atoms with Gasteiger partial charge in [-0.25, -0.2) is 14.3 Å². The Kier molecular flexibility index (Phi) is 4.03. The van der Waals surface area contributed by atoms with Gasteiger partial charge in [0.1, 0.15) is 11.9 Å². The lowest BCUT2D eigenvalue weighted by atomic mass is 9.50. The zero-order valence-corrected chi connectivity index (χ0v) is 17.3. The molecule has 0 aliphatic heterocycles. The Morgan fingerprint density at radius 2 is 2.03 bits per heavy atom. The molecular formula is C24H28N2O3. The van der Waals surface area contributed by atoms with Gasteiger partial charge in [0.15, 0.2) is 5.78 Å². The topological polar surface area (TPSA) is 61.2 Å². The number of carbonyl (C=O) groups excluding carboxylic acids is 2. The number of aryl methyl sites for hydroxylation is 1. The summed E-state index contributed by atoms with van der Waals surface area (Å²) in [6, 6.07) is 0. The summed E-state index contributed by atoms with van der Waals surface area (Å²) in [5.74, 6) is 2.17. The molecule has 152 valence electrons. The van der Waals surface area contributed by atoms with Crippen molar-refractivity contribution >= 4 is 11.9 Å². The van der Waals surface area contributed by atoms with Crippen LogP contribution in [0.4, 0.5) is 4.79 Å². The van der Waals surface area contributed by atoms with Gasteiger partial charge in [-0.3, -0.25) is 4.79 Å². The zero-order valence-electron chi connectivity index (χ0n) is 17.3. The molecule has 29 heavy (non-hydrogen) atoms. The Morgan fingerprint density at radius 1 is 1.21 bits per heavy atom. The lowest BCUT2D eigenvalue weighted by Crippen LogP contribution is -2.49. The number of ether oxygens (including phenoxy) is 1. The van der Waals surface area contributed by atoms with E-state index < -0.39 is 0 Å². The number of imidazole rings is 1. The van der Waals surface area contributed by atoms with E-state index in [1.165, 1.54) is 4.57 Å². The number of hydrogen-bond donors (Lipinski definition) is 0. The molecule has 1 aromatic rings. The highest BCUT2D eigenvalue weighted by atomic mass is 16.6. The summed E-state index contributed by atoms with van der Waals surface area (Å²) in [6.45, 7) is 6.40. The molecular weight excluding hydrogens is 364 g/mol. The second kappa shape index (κ2) is 6.28. The summed E-state index contributed by atoms with van der Waals surface area (Å²) in [7, 11) is 0. The largest absolute Gasteiger partial charge is 0.445 e. The zero-order chi connectivity index (χ0) is 20.4. The number of rotatable bonds is 1. The van der Waals surface area contributed by atoms with Gasteiger partial charge in [-0.05, 0) is 68.1 Å². The van der Waals surface area contributed by atoms with Gasteiger partial charge in [0.2, 0.25) is 0 Å². The Bertz CT molecular complexity index is 971. The van der Waals surface area contributed by atoms with Crippen LogP contribution in [0.25, 0.3) is 0 Å². The molecule has 0 saturated heterocycles. The van der Waals surface area contributed by atoms with Crippen molar-refractivity contribution in [3.63, 3.8) is 0 Å². The fraction of sp³-hybridized carbons (Fsp3) is 0.542. The maximum atomic E-state index is 12.7. The van der Waals surface area contributed by atoms with Crippen LogP contribution in [0, 0.1) is 35.5 Å². The summed E-state index contributed by atoms with van der Waals surface area (Å²) in [5, 5.41) is 0. The number of aromatic nitrogens is 2. The van der Waals surface area contributed by atoms with Crippen molar-refractivity contribution in [3.05, 3.63) is 54.2 Å². The third kappa shape index (κ3) is 2.62. The van der Waals surface area contributed by atoms with E-state index in [1.54, 1.807) is 24.5 Å². The molecule has 3 unspecified atom stereocenters. The van der Waals surface area contributed by atoms with E-state index >= 15 is 0 Å². The van der Waals surface area contributed by atoms with Gasteiger partial charge < -0.3 is 4.74 Å². The second-order valence-electron chi connectivity index (χ2n) is 9.61. The Balaban J connectivity index is 1.41. The van der Waals surface area contributed by atoms with E-state index in [4.69, 9.17) is 4.74 Å². The number of carbonyl (C=O) groups is 2. The second-order valence-corrected chi connectivity index (χ2v) is 9.61. The Labute approximate surface area is 171 Å². The third-order valence-electron chi connectivity index (χ3n) is 8.29. The van der Waals surface area contributed by atoms with Gasteiger partial charge >= 0.3 is 6.09 Å². The smallest absolute Gasteiger partial charge is 0.419 e. The first-order valence-corrected chi connectivity index (χ1v) is 10.7. The van der Waals surface area contributed by atoms with Crippen LogP contribution < -0.4 is 0 Å². The predicted octanol–water partition coefficient (Wildman–Crippen LogP) is 4.63. The van der Waals surface area contributed by atoms with Crippen LogP contribution in [-0.2, 0) is 9.53 Å². The highest BCUT2D eigenvalue weighted by molar-refractivity contribution is 6.01. The minimum atomic E-state index is -0.320. The number of ketones is 1. The molecule has 2 saturated carbocycles. The minimum Gasteiger partial charge on any atom is -0.445 e. The van der Waals surface area contributed by atoms with Crippen molar-refractivity contribution in [1.29, 1.82) is 0 Å². The monoisotopic (exact) mass is 392 g/mol. The fourth-order valence-corrected chi connectivity index (χ4v) is 6.55. The standard InChI is InChI=1S/C24H28N2O3/c1-15-25-12-13-26(15)22(28)29-21-7-6-19-18-5-4-16-14-17(27)8-10-23(16,2)20(18)9-11-24(19,21)3/h4-5,8,10,12-14,18-21H,6-7,9,11H2,1-3H3/t18?,19?,20?,21-,23-,24-/m0/s1. The van der Waals surface area contributed by atoms with Gasteiger partial charge in [0.05, 0.1) is 0 Å². The van der Waals surface area contributed by atoms with E-state index in [2.05, 4.69) is 37.1 Å². The first-order chi connectivity index (χ1) is 13.8. The molecule has 1 aromatic heterocycles. The van der Waals surface area contributed by atoms with Crippen LogP contribution in [0.15, 0.2) is 48.3 Å². The number of fused-ring (bicyclic) bond motifs is 5. The molecule has 0 spiro atoms. The van der Waals surface area contributed by atoms with Crippen molar-refractivity contribution in [1.82, 2.24) is 9.55 Å². The van der Waals surface area contributed by atoms with Gasteiger partial charge in [-0.2, -0.15) is 0 Å². The lowest BCUT2D eigenvalue weighted by molar-refractivity contribution is -0.110. The molecule has 2 fully saturated rings. The van der Waals surface area contributed by atoms with Gasteiger partial charge in [-0.1, -0.05) is 32.1 Å². The quantitative estimate of drug-likeness (QED) is 0.699. The molecule has 5 heteroatoms. The molecule has 0 N–H and O–H groups in total. The van der Waals surface area contributed by atoms with Gasteiger partial charge in [0, 0.05) is 23.2 Å². The van der Waals surface area contributed by atoms with E-state index in [9.17, 15) is 9.59 Å². The van der Waals surface area contributed by atoms with E-state index in [1.807, 2.05) is 6.92 Å². The Hall–Kier alpha value is -2.43. The number of allylic oxidation sites excluding steroid dienone is 6. The summed E-state index contributed by atoms with van der Waals surface area (Å²) in [6.07, 6.45) is 17.2. The first kappa shape index (κ1) is 18.6. The van der Waals surface area contributed by atoms with E-state index in [0.29, 0.717) is 23.6 Å². The maximum Gasteiger partial charge on any atom is 0.419 e. The van der Waals surface area contributed by atoms with Gasteiger partial charge in [0.25, 0.3) is 0 Å². The molecule has 4 aliphatic carbocycles. The molecule has 0 bridgehead atoms. The van der Waals surface area contributed by atoms with E-state index in [0.717, 1.165) is 31.3 Å². The molecule has 0 aromatic carbocycles. The summed E-state index contributed by atoms with van der Waals surface area (Å²) < 4.78 is 7.52.